The first-order chi connectivity index (χ1) is 13.4. The van der Waals surface area contributed by atoms with Crippen LogP contribution in [0.1, 0.15) is 22.8 Å². The number of hydrogen-bond acceptors (Lipinski definition) is 5. The van der Waals surface area contributed by atoms with E-state index in [0.29, 0.717) is 28.1 Å². The van der Waals surface area contributed by atoms with Gasteiger partial charge in [-0.25, -0.2) is 0 Å². The molecule has 9 heteroatoms. The maximum Gasteiger partial charge on any atom is 0.257 e. The molecule has 2 amide bonds. The predicted octanol–water partition coefficient (Wildman–Crippen LogP) is 2.73. The van der Waals surface area contributed by atoms with Gasteiger partial charge in [-0.2, -0.15) is 0 Å². The van der Waals surface area contributed by atoms with Gasteiger partial charge in [-0.1, -0.05) is 12.1 Å². The van der Waals surface area contributed by atoms with Gasteiger partial charge in [0.1, 0.15) is 11.5 Å². The lowest BCUT2D eigenvalue weighted by atomic mass is 10.1. The molecular weight excluding hydrogens is 446 g/mol. The van der Waals surface area contributed by atoms with Gasteiger partial charge in [0.05, 0.1) is 24.6 Å². The number of rotatable bonds is 6. The number of hydrazine groups is 1. The topological polar surface area (TPSA) is 88.7 Å². The molecule has 0 aliphatic rings. The minimum absolute atomic E-state index is 0.0157. The van der Waals surface area contributed by atoms with Gasteiger partial charge in [0.2, 0.25) is 5.91 Å². The fraction of sp³-hybridized carbons (Fsp3) is 0.211. The van der Waals surface area contributed by atoms with E-state index in [0.717, 1.165) is 5.56 Å². The van der Waals surface area contributed by atoms with Crippen molar-refractivity contribution < 1.29 is 19.1 Å². The molecule has 148 valence electrons. The van der Waals surface area contributed by atoms with Crippen LogP contribution in [0.15, 0.2) is 46.9 Å². The number of halogens is 1. The standard InChI is InChI=1S/C19H20BrN3O4S/c1-3-27-16-9-6-13(11-15(16)20)18(25)21-19(28)23-22-17(24)10-12-4-7-14(26-2)8-5-12/h4-9,11H,3,10H2,1-2H3,(H,22,24)(H2,21,23,25,28). The average Bonchev–Trinajstić information content (AvgIpc) is 2.68. The summed E-state index contributed by atoms with van der Waals surface area (Å²) < 4.78 is 11.1. The van der Waals surface area contributed by atoms with E-state index in [9.17, 15) is 9.59 Å². The van der Waals surface area contributed by atoms with E-state index in [1.165, 1.54) is 0 Å². The molecule has 0 fully saturated rings. The molecule has 0 heterocycles. The molecule has 3 N–H and O–H groups in total. The highest BCUT2D eigenvalue weighted by Gasteiger charge is 2.11. The van der Waals surface area contributed by atoms with Crippen LogP contribution in [0.5, 0.6) is 11.5 Å². The quantitative estimate of drug-likeness (QED) is 0.448. The van der Waals surface area contributed by atoms with Crippen molar-refractivity contribution in [1.29, 1.82) is 0 Å². The molecule has 0 unspecified atom stereocenters. The third-order valence-corrected chi connectivity index (χ3v) is 4.38. The van der Waals surface area contributed by atoms with E-state index in [-0.39, 0.29) is 17.4 Å². The Morgan fingerprint density at radius 2 is 1.82 bits per heavy atom. The van der Waals surface area contributed by atoms with Crippen molar-refractivity contribution in [3.8, 4) is 11.5 Å². The molecule has 0 aliphatic carbocycles. The first kappa shape index (κ1) is 21.6. The molecule has 7 nitrogen and oxygen atoms in total. The van der Waals surface area contributed by atoms with E-state index in [2.05, 4.69) is 32.1 Å². The lowest BCUT2D eigenvalue weighted by molar-refractivity contribution is -0.121. The zero-order chi connectivity index (χ0) is 20.5. The Bertz CT molecular complexity index is 859. The van der Waals surface area contributed by atoms with E-state index < -0.39 is 5.91 Å². The Hall–Kier alpha value is -2.65. The van der Waals surface area contributed by atoms with Crippen LogP contribution >= 0.6 is 28.1 Å². The Morgan fingerprint density at radius 3 is 2.43 bits per heavy atom. The van der Waals surface area contributed by atoms with E-state index in [1.807, 2.05) is 6.92 Å². The number of nitrogens with one attached hydrogen (secondary N) is 3. The SMILES string of the molecule is CCOc1ccc(C(=O)NC(=S)NNC(=O)Cc2ccc(OC)cc2)cc1Br. The van der Waals surface area contributed by atoms with Crippen molar-refractivity contribution in [3.63, 3.8) is 0 Å². The van der Waals surface area contributed by atoms with Gasteiger partial charge in [0, 0.05) is 5.56 Å². The highest BCUT2D eigenvalue weighted by molar-refractivity contribution is 9.10. The van der Waals surface area contributed by atoms with Crippen molar-refractivity contribution in [3.05, 3.63) is 58.1 Å². The number of methoxy groups -OCH3 is 1. The van der Waals surface area contributed by atoms with Crippen molar-refractivity contribution in [1.82, 2.24) is 16.2 Å². The van der Waals surface area contributed by atoms with Gasteiger partial charge in [-0.3, -0.25) is 25.8 Å². The van der Waals surface area contributed by atoms with Crippen LogP contribution < -0.4 is 25.6 Å². The molecule has 0 saturated carbocycles. The van der Waals surface area contributed by atoms with Crippen molar-refractivity contribution in [2.45, 2.75) is 13.3 Å². The van der Waals surface area contributed by atoms with Crippen LogP contribution in [0.4, 0.5) is 0 Å². The van der Waals surface area contributed by atoms with Gasteiger partial charge < -0.3 is 9.47 Å². The fourth-order valence-electron chi connectivity index (χ4n) is 2.22. The number of ether oxygens (including phenoxy) is 2. The van der Waals surface area contributed by atoms with Crippen LogP contribution in [-0.4, -0.2) is 30.6 Å². The van der Waals surface area contributed by atoms with Crippen molar-refractivity contribution in [2.75, 3.05) is 13.7 Å². The number of amides is 2. The van der Waals surface area contributed by atoms with Crippen molar-refractivity contribution >= 4 is 45.1 Å². The monoisotopic (exact) mass is 465 g/mol. The normalized spacial score (nSPS) is 9.96. The summed E-state index contributed by atoms with van der Waals surface area (Å²) in [5.74, 6) is 0.647. The minimum atomic E-state index is -0.411. The van der Waals surface area contributed by atoms with E-state index >= 15 is 0 Å². The van der Waals surface area contributed by atoms with Gasteiger partial charge in [-0.05, 0) is 71.0 Å². The first-order valence-electron chi connectivity index (χ1n) is 8.38. The molecule has 0 aliphatic heterocycles. The van der Waals surface area contributed by atoms with Gasteiger partial charge in [0.25, 0.3) is 5.91 Å². The van der Waals surface area contributed by atoms with Crippen molar-refractivity contribution in [2.24, 2.45) is 0 Å². The first-order valence-corrected chi connectivity index (χ1v) is 9.58. The van der Waals surface area contributed by atoms with Crippen LogP contribution in [0.3, 0.4) is 0 Å². The molecule has 0 radical (unpaired) electrons. The summed E-state index contributed by atoms with van der Waals surface area (Å²) in [7, 11) is 1.58. The summed E-state index contributed by atoms with van der Waals surface area (Å²) >= 11 is 8.39. The van der Waals surface area contributed by atoms with Gasteiger partial charge in [-0.15, -0.1) is 0 Å². The zero-order valence-electron chi connectivity index (χ0n) is 15.4. The molecule has 0 spiro atoms. The molecule has 0 saturated heterocycles. The number of carbonyl (C=O) groups is 2. The summed E-state index contributed by atoms with van der Waals surface area (Å²) in [5.41, 5.74) is 6.17. The third kappa shape index (κ3) is 6.50. The number of thiocarbonyl (C=S) groups is 1. The summed E-state index contributed by atoms with van der Waals surface area (Å²) in [5, 5.41) is 2.48. The van der Waals surface area contributed by atoms with E-state index in [4.69, 9.17) is 21.7 Å². The smallest absolute Gasteiger partial charge is 0.257 e. The average molecular weight is 466 g/mol. The molecular formula is C19H20BrN3O4S. The van der Waals surface area contributed by atoms with Crippen LogP contribution in [-0.2, 0) is 11.2 Å². The van der Waals surface area contributed by atoms with E-state index in [1.54, 1.807) is 49.6 Å². The Balaban J connectivity index is 1.81. The van der Waals surface area contributed by atoms with Gasteiger partial charge >= 0.3 is 0 Å². The third-order valence-electron chi connectivity index (χ3n) is 3.56. The molecule has 2 rings (SSSR count). The van der Waals surface area contributed by atoms with Crippen LogP contribution in [0.25, 0.3) is 0 Å². The maximum absolute atomic E-state index is 12.2. The molecule has 0 bridgehead atoms. The van der Waals surface area contributed by atoms with Gasteiger partial charge in [0.15, 0.2) is 5.11 Å². The lowest BCUT2D eigenvalue weighted by Gasteiger charge is -2.12. The Labute approximate surface area is 176 Å². The second kappa shape index (κ2) is 10.6. The number of benzene rings is 2. The Morgan fingerprint density at radius 1 is 1.11 bits per heavy atom. The Kier molecular flexibility index (Phi) is 8.21. The molecule has 2 aromatic rings. The zero-order valence-corrected chi connectivity index (χ0v) is 17.8. The maximum atomic E-state index is 12.2. The van der Waals surface area contributed by atoms with Crippen LogP contribution in [0, 0.1) is 0 Å². The highest BCUT2D eigenvalue weighted by atomic mass is 79.9. The second-order valence-electron chi connectivity index (χ2n) is 5.56. The summed E-state index contributed by atoms with van der Waals surface area (Å²) in [6.07, 6.45) is 0.152. The summed E-state index contributed by atoms with van der Waals surface area (Å²) in [6.45, 7) is 2.40. The number of hydrogen-bond donors (Lipinski definition) is 3. The second-order valence-corrected chi connectivity index (χ2v) is 6.82. The summed E-state index contributed by atoms with van der Waals surface area (Å²) in [6, 6.07) is 12.1. The minimum Gasteiger partial charge on any atom is -0.497 e. The number of carbonyl (C=O) groups excluding carboxylic acids is 2. The summed E-state index contributed by atoms with van der Waals surface area (Å²) in [4.78, 5) is 24.2. The molecule has 0 atom stereocenters. The lowest BCUT2D eigenvalue weighted by Crippen LogP contribution is -2.48. The largest absolute Gasteiger partial charge is 0.497 e. The predicted molar refractivity (Wildman–Crippen MR) is 113 cm³/mol. The molecule has 0 aromatic heterocycles. The fourth-order valence-corrected chi connectivity index (χ4v) is 2.86. The highest BCUT2D eigenvalue weighted by Crippen LogP contribution is 2.25. The molecule has 2 aromatic carbocycles. The van der Waals surface area contributed by atoms with Crippen LogP contribution in [0.2, 0.25) is 0 Å². The molecule has 28 heavy (non-hydrogen) atoms.